The maximum absolute atomic E-state index is 13.7. The van der Waals surface area contributed by atoms with Crippen molar-refractivity contribution in [1.29, 1.82) is 0 Å². The highest BCUT2D eigenvalue weighted by Gasteiger charge is 2.30. The van der Waals surface area contributed by atoms with Gasteiger partial charge in [0.05, 0.1) is 19.1 Å². The molecule has 2 aromatic carbocycles. The van der Waals surface area contributed by atoms with Gasteiger partial charge in [0.15, 0.2) is 0 Å². The molecule has 1 fully saturated rings. The molecule has 0 heterocycles. The lowest BCUT2D eigenvalue weighted by molar-refractivity contribution is -0.141. The molecule has 1 aliphatic carbocycles. The predicted molar refractivity (Wildman–Crippen MR) is 160 cm³/mol. The summed E-state index contributed by atoms with van der Waals surface area (Å²) in [6.07, 6.45) is 7.26. The highest BCUT2D eigenvalue weighted by atomic mass is 35.5. The Morgan fingerprint density at radius 3 is 2.48 bits per heavy atom. The van der Waals surface area contributed by atoms with E-state index in [2.05, 4.69) is 5.32 Å². The van der Waals surface area contributed by atoms with Crippen molar-refractivity contribution in [2.75, 3.05) is 24.2 Å². The zero-order chi connectivity index (χ0) is 29.3. The number of nitrogens with zero attached hydrogens (tertiary/aromatic N) is 2. The number of methoxy groups -OCH3 is 1. The van der Waals surface area contributed by atoms with E-state index in [4.69, 9.17) is 16.3 Å². The van der Waals surface area contributed by atoms with Gasteiger partial charge in [0.2, 0.25) is 21.8 Å². The number of benzene rings is 2. The third-order valence-electron chi connectivity index (χ3n) is 7.48. The molecule has 2 aromatic rings. The summed E-state index contributed by atoms with van der Waals surface area (Å²) in [5, 5.41) is 3.66. The number of hydrogen-bond donors (Lipinski definition) is 1. The molecule has 0 bridgehead atoms. The maximum Gasteiger partial charge on any atom is 0.243 e. The smallest absolute Gasteiger partial charge is 0.243 e. The highest BCUT2D eigenvalue weighted by Crippen LogP contribution is 2.29. The number of halogens is 1. The molecule has 1 atom stereocenters. The standard InChI is InChI=1S/C30H42ClN3O5S/c1-5-27(30(36)32-24-13-7-6-8-14-24)33(21-23-12-9-15-25(20-23)39-3)29(35)18-11-19-34(40(4,37)38)28-17-10-16-26(31)22(28)2/h9-10,12,15-17,20,24,27H,5-8,11,13-14,18-19,21H2,1-4H3,(H,32,36)/t27-/m1/s1. The summed E-state index contributed by atoms with van der Waals surface area (Å²) in [5.41, 5.74) is 2.00. The van der Waals surface area contributed by atoms with Crippen molar-refractivity contribution >= 4 is 39.1 Å². The average Bonchev–Trinajstić information content (AvgIpc) is 2.92. The van der Waals surface area contributed by atoms with E-state index in [1.54, 1.807) is 37.1 Å². The van der Waals surface area contributed by atoms with Gasteiger partial charge in [-0.3, -0.25) is 13.9 Å². The first-order valence-electron chi connectivity index (χ1n) is 14.0. The highest BCUT2D eigenvalue weighted by molar-refractivity contribution is 7.92. The molecular weight excluding hydrogens is 550 g/mol. The van der Waals surface area contributed by atoms with Gasteiger partial charge in [-0.1, -0.05) is 56.0 Å². The van der Waals surface area contributed by atoms with Crippen LogP contribution in [-0.4, -0.2) is 57.1 Å². The summed E-state index contributed by atoms with van der Waals surface area (Å²) < 4.78 is 32.0. The Labute approximate surface area is 244 Å². The number of carbonyl (C=O) groups excluding carboxylic acids is 2. The van der Waals surface area contributed by atoms with Crippen LogP contribution in [0.25, 0.3) is 0 Å². The molecule has 1 aliphatic rings. The second-order valence-corrected chi connectivity index (χ2v) is 12.8. The monoisotopic (exact) mass is 591 g/mol. The number of hydrogen-bond acceptors (Lipinski definition) is 5. The van der Waals surface area contributed by atoms with Crippen LogP contribution >= 0.6 is 11.6 Å². The van der Waals surface area contributed by atoms with Crippen LogP contribution in [0.1, 0.15) is 69.4 Å². The summed E-state index contributed by atoms with van der Waals surface area (Å²) in [6.45, 7) is 4.04. The third kappa shape index (κ3) is 8.61. The third-order valence-corrected chi connectivity index (χ3v) is 9.07. The van der Waals surface area contributed by atoms with Crippen LogP contribution in [-0.2, 0) is 26.2 Å². The first-order chi connectivity index (χ1) is 19.0. The van der Waals surface area contributed by atoms with Crippen LogP contribution in [0.15, 0.2) is 42.5 Å². The second-order valence-electron chi connectivity index (χ2n) is 10.5. The van der Waals surface area contributed by atoms with Gasteiger partial charge in [0.25, 0.3) is 0 Å². The molecule has 1 saturated carbocycles. The Morgan fingerprint density at radius 1 is 1.12 bits per heavy atom. The number of carbonyl (C=O) groups is 2. The van der Waals surface area contributed by atoms with E-state index >= 15 is 0 Å². The zero-order valence-electron chi connectivity index (χ0n) is 24.0. The van der Waals surface area contributed by atoms with E-state index in [9.17, 15) is 18.0 Å². The summed E-state index contributed by atoms with van der Waals surface area (Å²) in [7, 11) is -2.02. The number of rotatable bonds is 13. The van der Waals surface area contributed by atoms with E-state index in [1.165, 1.54) is 10.7 Å². The predicted octanol–water partition coefficient (Wildman–Crippen LogP) is 5.46. The molecule has 40 heavy (non-hydrogen) atoms. The second kappa shape index (κ2) is 14.7. The molecule has 2 amide bonds. The summed E-state index contributed by atoms with van der Waals surface area (Å²) in [6, 6.07) is 12.1. The zero-order valence-corrected chi connectivity index (χ0v) is 25.6. The first-order valence-corrected chi connectivity index (χ1v) is 16.2. The molecular formula is C30H42ClN3O5S. The van der Waals surface area contributed by atoms with Crippen molar-refractivity contribution in [1.82, 2.24) is 10.2 Å². The number of nitrogens with one attached hydrogen (secondary N) is 1. The van der Waals surface area contributed by atoms with E-state index < -0.39 is 16.1 Å². The number of amides is 2. The van der Waals surface area contributed by atoms with Crippen LogP contribution in [0, 0.1) is 6.92 Å². The Kier molecular flexibility index (Phi) is 11.7. The molecule has 0 unspecified atom stereocenters. The normalized spacial score (nSPS) is 14.8. The van der Waals surface area contributed by atoms with Crippen LogP contribution in [0.4, 0.5) is 5.69 Å². The van der Waals surface area contributed by atoms with E-state index in [-0.39, 0.29) is 43.8 Å². The Hall–Kier alpha value is -2.78. The van der Waals surface area contributed by atoms with Gasteiger partial charge in [-0.05, 0) is 68.0 Å². The summed E-state index contributed by atoms with van der Waals surface area (Å²) in [4.78, 5) is 28.8. The fourth-order valence-electron chi connectivity index (χ4n) is 5.28. The number of sulfonamides is 1. The Bertz CT molecular complexity index is 1260. The molecule has 3 rings (SSSR count). The minimum absolute atomic E-state index is 0.0861. The van der Waals surface area contributed by atoms with E-state index in [0.717, 1.165) is 37.5 Å². The lowest BCUT2D eigenvalue weighted by atomic mass is 9.95. The van der Waals surface area contributed by atoms with Crippen molar-refractivity contribution in [3.63, 3.8) is 0 Å². The first kappa shape index (κ1) is 31.7. The molecule has 1 N–H and O–H groups in total. The van der Waals surface area contributed by atoms with Gasteiger partial charge in [-0.25, -0.2) is 8.42 Å². The largest absolute Gasteiger partial charge is 0.497 e. The molecule has 0 spiro atoms. The average molecular weight is 592 g/mol. The van der Waals surface area contributed by atoms with E-state index in [0.29, 0.717) is 28.4 Å². The molecule has 8 nitrogen and oxygen atoms in total. The van der Waals surface area contributed by atoms with Crippen molar-refractivity contribution in [2.45, 2.75) is 83.8 Å². The van der Waals surface area contributed by atoms with Crippen LogP contribution in [0.3, 0.4) is 0 Å². The Balaban J connectivity index is 1.79. The van der Waals surface area contributed by atoms with Crippen molar-refractivity contribution in [3.05, 3.63) is 58.6 Å². The fourth-order valence-corrected chi connectivity index (χ4v) is 6.47. The molecule has 0 aromatic heterocycles. The lowest BCUT2D eigenvalue weighted by Crippen LogP contribution is -2.51. The quantitative estimate of drug-likeness (QED) is 0.334. The Morgan fingerprint density at radius 2 is 1.82 bits per heavy atom. The molecule has 10 heteroatoms. The SMILES string of the molecule is CC[C@H](C(=O)NC1CCCCC1)N(Cc1cccc(OC)c1)C(=O)CCCN(c1cccc(Cl)c1C)S(C)(=O)=O. The van der Waals surface area contributed by atoms with Gasteiger partial charge < -0.3 is 15.0 Å². The number of anilines is 1. The minimum Gasteiger partial charge on any atom is -0.497 e. The van der Waals surface area contributed by atoms with Crippen LogP contribution in [0.2, 0.25) is 5.02 Å². The molecule has 220 valence electrons. The van der Waals surface area contributed by atoms with Crippen molar-refractivity contribution in [2.24, 2.45) is 0 Å². The summed E-state index contributed by atoms with van der Waals surface area (Å²) >= 11 is 6.25. The lowest BCUT2D eigenvalue weighted by Gasteiger charge is -2.33. The van der Waals surface area contributed by atoms with E-state index in [1.807, 2.05) is 31.2 Å². The maximum atomic E-state index is 13.7. The minimum atomic E-state index is -3.61. The van der Waals surface area contributed by atoms with Crippen LogP contribution < -0.4 is 14.4 Å². The summed E-state index contributed by atoms with van der Waals surface area (Å²) in [5.74, 6) is 0.327. The molecule has 0 saturated heterocycles. The van der Waals surface area contributed by atoms with Gasteiger partial charge >= 0.3 is 0 Å². The van der Waals surface area contributed by atoms with Gasteiger partial charge in [-0.2, -0.15) is 0 Å². The topological polar surface area (TPSA) is 96.0 Å². The number of ether oxygens (including phenoxy) is 1. The van der Waals surface area contributed by atoms with Crippen LogP contribution in [0.5, 0.6) is 5.75 Å². The fraction of sp³-hybridized carbons (Fsp3) is 0.533. The molecule has 0 radical (unpaired) electrons. The van der Waals surface area contributed by atoms with Gasteiger partial charge in [0, 0.05) is 30.6 Å². The van der Waals surface area contributed by atoms with Crippen molar-refractivity contribution in [3.8, 4) is 5.75 Å². The van der Waals surface area contributed by atoms with Gasteiger partial charge in [-0.15, -0.1) is 0 Å². The van der Waals surface area contributed by atoms with Gasteiger partial charge in [0.1, 0.15) is 11.8 Å². The van der Waals surface area contributed by atoms with Crippen molar-refractivity contribution < 1.29 is 22.7 Å². The molecule has 0 aliphatic heterocycles.